The Bertz CT molecular complexity index is 1130. The van der Waals surface area contributed by atoms with Crippen LogP contribution in [0.3, 0.4) is 0 Å². The number of benzene rings is 1. The molecule has 3 unspecified atom stereocenters. The quantitative estimate of drug-likeness (QED) is 0.542. The van der Waals surface area contributed by atoms with Crippen molar-refractivity contribution in [1.29, 1.82) is 0 Å². The second-order valence-electron chi connectivity index (χ2n) is 11.3. The van der Waals surface area contributed by atoms with Gasteiger partial charge in [-0.3, -0.25) is 4.79 Å². The van der Waals surface area contributed by atoms with Crippen molar-refractivity contribution in [3.63, 3.8) is 0 Å². The van der Waals surface area contributed by atoms with Gasteiger partial charge in [0.05, 0.1) is 5.56 Å². The largest absolute Gasteiger partial charge is 0.487 e. The average molecular weight is 451 g/mol. The molecule has 0 saturated heterocycles. The van der Waals surface area contributed by atoms with Crippen molar-refractivity contribution < 1.29 is 18.7 Å². The van der Waals surface area contributed by atoms with Crippen LogP contribution in [0.2, 0.25) is 0 Å². The SMILES string of the molecule is CC(=O)OC1CC[C@@]2(C)C(CC[C@@]3(C)Oc4cc(-c5ccccc5)oc(=O)c4CC23)C1(C)C. The van der Waals surface area contributed by atoms with E-state index in [0.717, 1.165) is 31.2 Å². The first kappa shape index (κ1) is 22.2. The fraction of sp³-hybridized carbons (Fsp3) is 0.571. The van der Waals surface area contributed by atoms with Crippen LogP contribution in [0.5, 0.6) is 5.75 Å². The van der Waals surface area contributed by atoms with Crippen molar-refractivity contribution in [2.24, 2.45) is 22.7 Å². The van der Waals surface area contributed by atoms with E-state index >= 15 is 0 Å². The molecular formula is C28H34O5. The third-order valence-electron chi connectivity index (χ3n) is 9.06. The topological polar surface area (TPSA) is 65.7 Å². The zero-order valence-corrected chi connectivity index (χ0v) is 20.3. The van der Waals surface area contributed by atoms with E-state index in [1.54, 1.807) is 0 Å². The Labute approximate surface area is 195 Å². The van der Waals surface area contributed by atoms with E-state index in [1.165, 1.54) is 6.92 Å². The first-order chi connectivity index (χ1) is 15.5. The van der Waals surface area contributed by atoms with E-state index in [1.807, 2.05) is 36.4 Å². The standard InChI is InChI=1S/C28H34O5/c1-17(29)31-24-12-13-27(4)22(26(24,2)3)11-14-28(5)23(27)15-19-21(33-28)16-20(32-25(19)30)18-9-7-6-8-10-18/h6-10,16,22-24H,11-15H2,1-5H3/t22?,23?,24?,27-,28+/m0/s1. The van der Waals surface area contributed by atoms with Gasteiger partial charge in [-0.05, 0) is 50.4 Å². The second kappa shape index (κ2) is 7.48. The van der Waals surface area contributed by atoms with Crippen molar-refractivity contribution in [3.8, 4) is 17.1 Å². The molecular weight excluding hydrogens is 416 g/mol. The summed E-state index contributed by atoms with van der Waals surface area (Å²) in [5.74, 6) is 1.57. The zero-order chi connectivity index (χ0) is 23.6. The number of esters is 1. The molecule has 1 aliphatic heterocycles. The van der Waals surface area contributed by atoms with Gasteiger partial charge in [-0.1, -0.05) is 51.1 Å². The lowest BCUT2D eigenvalue weighted by molar-refractivity contribution is -0.204. The van der Waals surface area contributed by atoms with Crippen LogP contribution in [-0.4, -0.2) is 17.7 Å². The summed E-state index contributed by atoms with van der Waals surface area (Å²) in [5, 5.41) is 0. The van der Waals surface area contributed by atoms with Gasteiger partial charge in [0.25, 0.3) is 0 Å². The molecule has 176 valence electrons. The molecule has 2 aliphatic carbocycles. The molecule has 0 amide bonds. The van der Waals surface area contributed by atoms with E-state index in [-0.39, 0.29) is 40.0 Å². The number of hydrogen-bond acceptors (Lipinski definition) is 5. The molecule has 2 aromatic rings. The van der Waals surface area contributed by atoms with Crippen LogP contribution in [0.1, 0.15) is 65.9 Å². The van der Waals surface area contributed by atoms with E-state index < -0.39 is 0 Å². The van der Waals surface area contributed by atoms with Gasteiger partial charge in [-0.2, -0.15) is 0 Å². The van der Waals surface area contributed by atoms with E-state index in [2.05, 4.69) is 27.7 Å². The van der Waals surface area contributed by atoms with E-state index in [4.69, 9.17) is 13.9 Å². The third kappa shape index (κ3) is 3.43. The summed E-state index contributed by atoms with van der Waals surface area (Å²) in [6, 6.07) is 11.6. The summed E-state index contributed by atoms with van der Waals surface area (Å²) in [6.45, 7) is 10.5. The Hall–Kier alpha value is -2.56. The Morgan fingerprint density at radius 2 is 1.76 bits per heavy atom. The first-order valence-corrected chi connectivity index (χ1v) is 12.1. The molecule has 5 rings (SSSR count). The molecule has 1 aromatic carbocycles. The van der Waals surface area contributed by atoms with Crippen LogP contribution >= 0.6 is 0 Å². The number of carbonyl (C=O) groups is 1. The minimum atomic E-state index is -0.343. The average Bonchev–Trinajstić information content (AvgIpc) is 2.75. The summed E-state index contributed by atoms with van der Waals surface area (Å²) in [4.78, 5) is 24.8. The minimum absolute atomic E-state index is 0.0185. The molecule has 1 aromatic heterocycles. The summed E-state index contributed by atoms with van der Waals surface area (Å²) < 4.78 is 18.2. The van der Waals surface area contributed by atoms with E-state index in [0.29, 0.717) is 29.4 Å². The van der Waals surface area contributed by atoms with Crippen LogP contribution in [-0.2, 0) is 16.0 Å². The number of fused-ring (bicyclic) bond motifs is 4. The van der Waals surface area contributed by atoms with Crippen molar-refractivity contribution in [3.05, 3.63) is 52.4 Å². The molecule has 5 atom stereocenters. The second-order valence-corrected chi connectivity index (χ2v) is 11.3. The highest BCUT2D eigenvalue weighted by Crippen LogP contribution is 2.64. The van der Waals surface area contributed by atoms with Crippen LogP contribution in [0.15, 0.2) is 45.6 Å². The van der Waals surface area contributed by atoms with Gasteiger partial charge in [-0.25, -0.2) is 4.79 Å². The summed E-state index contributed by atoms with van der Waals surface area (Å²) in [5.41, 5.74) is 0.724. The van der Waals surface area contributed by atoms with Gasteiger partial charge < -0.3 is 13.9 Å². The van der Waals surface area contributed by atoms with Gasteiger partial charge in [0.2, 0.25) is 0 Å². The number of ether oxygens (including phenoxy) is 2. The van der Waals surface area contributed by atoms with Gasteiger partial charge in [0, 0.05) is 29.9 Å². The van der Waals surface area contributed by atoms with Gasteiger partial charge in [0.1, 0.15) is 23.2 Å². The smallest absolute Gasteiger partial charge is 0.343 e. The predicted octanol–water partition coefficient (Wildman–Crippen LogP) is 5.78. The van der Waals surface area contributed by atoms with Crippen molar-refractivity contribution in [1.82, 2.24) is 0 Å². The molecule has 0 spiro atoms. The molecule has 3 aliphatic rings. The van der Waals surface area contributed by atoms with Crippen LogP contribution in [0.4, 0.5) is 0 Å². The fourth-order valence-corrected chi connectivity index (χ4v) is 7.44. The Balaban J connectivity index is 1.52. The molecule has 2 fully saturated rings. The minimum Gasteiger partial charge on any atom is -0.487 e. The summed E-state index contributed by atoms with van der Waals surface area (Å²) in [7, 11) is 0. The van der Waals surface area contributed by atoms with E-state index in [9.17, 15) is 9.59 Å². The molecule has 5 heteroatoms. The first-order valence-electron chi connectivity index (χ1n) is 12.1. The van der Waals surface area contributed by atoms with Gasteiger partial charge >= 0.3 is 11.6 Å². The number of hydrogen-bond donors (Lipinski definition) is 0. The van der Waals surface area contributed by atoms with Crippen molar-refractivity contribution in [2.75, 3.05) is 0 Å². The number of rotatable bonds is 2. The molecule has 0 radical (unpaired) electrons. The maximum absolute atomic E-state index is 13.1. The fourth-order valence-electron chi connectivity index (χ4n) is 7.44. The van der Waals surface area contributed by atoms with Crippen molar-refractivity contribution >= 4 is 5.97 Å². The Morgan fingerprint density at radius 1 is 1.03 bits per heavy atom. The summed E-state index contributed by atoms with van der Waals surface area (Å²) >= 11 is 0. The Kier molecular flexibility index (Phi) is 5.04. The molecule has 2 heterocycles. The lowest BCUT2D eigenvalue weighted by Gasteiger charge is -2.64. The van der Waals surface area contributed by atoms with Gasteiger partial charge in [-0.15, -0.1) is 0 Å². The Morgan fingerprint density at radius 3 is 2.45 bits per heavy atom. The highest BCUT2D eigenvalue weighted by atomic mass is 16.5. The highest BCUT2D eigenvalue weighted by molar-refractivity contribution is 5.66. The molecule has 5 nitrogen and oxygen atoms in total. The molecule has 0 bridgehead atoms. The normalized spacial score (nSPS) is 34.3. The highest BCUT2D eigenvalue weighted by Gasteiger charge is 2.63. The van der Waals surface area contributed by atoms with Crippen LogP contribution < -0.4 is 10.4 Å². The van der Waals surface area contributed by atoms with Gasteiger partial charge in [0.15, 0.2) is 0 Å². The molecule has 0 N–H and O–H groups in total. The lowest BCUT2D eigenvalue weighted by Crippen LogP contribution is -2.64. The van der Waals surface area contributed by atoms with Crippen molar-refractivity contribution in [2.45, 2.75) is 78.4 Å². The third-order valence-corrected chi connectivity index (χ3v) is 9.06. The molecule has 2 saturated carbocycles. The lowest BCUT2D eigenvalue weighted by atomic mass is 9.44. The number of carbonyl (C=O) groups excluding carboxylic acids is 1. The zero-order valence-electron chi connectivity index (χ0n) is 20.3. The maximum atomic E-state index is 13.1. The maximum Gasteiger partial charge on any atom is 0.343 e. The summed E-state index contributed by atoms with van der Waals surface area (Å²) in [6.07, 6.45) is 4.29. The molecule has 33 heavy (non-hydrogen) atoms. The van der Waals surface area contributed by atoms with Crippen LogP contribution in [0.25, 0.3) is 11.3 Å². The monoisotopic (exact) mass is 450 g/mol. The predicted molar refractivity (Wildman–Crippen MR) is 126 cm³/mol. The van der Waals surface area contributed by atoms with Crippen LogP contribution in [0, 0.1) is 22.7 Å².